The lowest BCUT2D eigenvalue weighted by molar-refractivity contribution is 0.143. The van der Waals surface area contributed by atoms with Crippen molar-refractivity contribution in [3.05, 3.63) is 23.3 Å². The van der Waals surface area contributed by atoms with Crippen molar-refractivity contribution in [2.75, 3.05) is 25.1 Å². The first-order valence-electron chi connectivity index (χ1n) is 6.04. The third-order valence-electron chi connectivity index (χ3n) is 3.78. The summed E-state index contributed by atoms with van der Waals surface area (Å²) in [6, 6.07) is 3.75. The van der Waals surface area contributed by atoms with Crippen LogP contribution < -0.4 is 9.64 Å². The molecule has 3 rings (SSSR count). The van der Waals surface area contributed by atoms with E-state index in [1.807, 2.05) is 12.1 Å². The molecular weight excluding hydrogens is 218 g/mol. The molecule has 17 heavy (non-hydrogen) atoms. The molecule has 0 amide bonds. The lowest BCUT2D eigenvalue weighted by Crippen LogP contribution is -2.37. The number of methoxy groups -OCH3 is 1. The largest absolute Gasteiger partial charge is 0.496 e. The zero-order chi connectivity index (χ0) is 12.0. The fourth-order valence-electron chi connectivity index (χ4n) is 2.92. The van der Waals surface area contributed by atoms with Crippen molar-refractivity contribution in [3.63, 3.8) is 0 Å². The molecule has 92 valence electrons. The van der Waals surface area contributed by atoms with Crippen LogP contribution in [0.2, 0.25) is 0 Å². The van der Waals surface area contributed by atoms with E-state index < -0.39 is 12.2 Å². The molecule has 0 saturated carbocycles. The van der Waals surface area contributed by atoms with Gasteiger partial charge in [-0.3, -0.25) is 0 Å². The van der Waals surface area contributed by atoms with Gasteiger partial charge >= 0.3 is 0 Å². The van der Waals surface area contributed by atoms with E-state index >= 15 is 0 Å². The molecule has 4 heteroatoms. The van der Waals surface area contributed by atoms with Crippen LogP contribution in [0.5, 0.6) is 5.75 Å². The molecule has 0 bridgehead atoms. The Morgan fingerprint density at radius 2 is 1.88 bits per heavy atom. The molecule has 4 nitrogen and oxygen atoms in total. The fourth-order valence-corrected chi connectivity index (χ4v) is 2.92. The molecule has 0 fully saturated rings. The number of nitrogens with zero attached hydrogens (tertiary/aromatic N) is 1. The third-order valence-corrected chi connectivity index (χ3v) is 3.78. The van der Waals surface area contributed by atoms with E-state index in [4.69, 9.17) is 4.74 Å². The summed E-state index contributed by atoms with van der Waals surface area (Å²) >= 11 is 0. The van der Waals surface area contributed by atoms with Crippen LogP contribution in [0.25, 0.3) is 0 Å². The monoisotopic (exact) mass is 235 g/mol. The van der Waals surface area contributed by atoms with Gasteiger partial charge < -0.3 is 19.8 Å². The summed E-state index contributed by atoms with van der Waals surface area (Å²) in [6.07, 6.45) is 0.579. The number of anilines is 1. The van der Waals surface area contributed by atoms with Crippen LogP contribution in [0.15, 0.2) is 12.1 Å². The Hall–Kier alpha value is -1.26. The van der Waals surface area contributed by atoms with Crippen LogP contribution >= 0.6 is 0 Å². The minimum atomic E-state index is -0.485. The Bertz CT molecular complexity index is 445. The van der Waals surface area contributed by atoms with Crippen molar-refractivity contribution in [2.45, 2.75) is 25.0 Å². The molecule has 0 aromatic heterocycles. The molecule has 2 N–H and O–H groups in total. The Morgan fingerprint density at radius 1 is 1.18 bits per heavy atom. The van der Waals surface area contributed by atoms with Gasteiger partial charge in [0.15, 0.2) is 0 Å². The molecule has 2 unspecified atom stereocenters. The van der Waals surface area contributed by atoms with E-state index in [1.165, 1.54) is 0 Å². The summed E-state index contributed by atoms with van der Waals surface area (Å²) in [6.45, 7) is 1.70. The molecule has 1 aromatic carbocycles. The molecule has 2 atom stereocenters. The van der Waals surface area contributed by atoms with E-state index in [2.05, 4.69) is 4.90 Å². The first-order chi connectivity index (χ1) is 8.22. The molecule has 2 heterocycles. The quantitative estimate of drug-likeness (QED) is 0.772. The van der Waals surface area contributed by atoms with Crippen molar-refractivity contribution in [2.24, 2.45) is 0 Å². The van der Waals surface area contributed by atoms with Crippen molar-refractivity contribution >= 4 is 5.69 Å². The molecule has 2 aliphatic heterocycles. The second-order valence-electron chi connectivity index (χ2n) is 4.72. The van der Waals surface area contributed by atoms with Gasteiger partial charge in [0.25, 0.3) is 0 Å². The first kappa shape index (κ1) is 10.9. The molecular formula is C13H17NO3. The summed E-state index contributed by atoms with van der Waals surface area (Å²) < 4.78 is 5.32. The Balaban J connectivity index is 2.23. The fraction of sp³-hybridized carbons (Fsp3) is 0.538. The first-order valence-corrected chi connectivity index (χ1v) is 6.04. The van der Waals surface area contributed by atoms with Gasteiger partial charge in [0.05, 0.1) is 25.0 Å². The zero-order valence-electron chi connectivity index (χ0n) is 9.89. The number of aliphatic hydroxyl groups is 2. The maximum atomic E-state index is 10.1. The molecule has 0 aliphatic carbocycles. The summed E-state index contributed by atoms with van der Waals surface area (Å²) in [5.74, 6) is 0.718. The average Bonchev–Trinajstić information content (AvgIpc) is 2.36. The lowest BCUT2D eigenvalue weighted by atomic mass is 9.88. The second-order valence-corrected chi connectivity index (χ2v) is 4.72. The normalized spacial score (nSPS) is 26.6. The topological polar surface area (TPSA) is 52.9 Å². The Labute approximate surface area is 100 Å². The predicted molar refractivity (Wildman–Crippen MR) is 64.4 cm³/mol. The second kappa shape index (κ2) is 3.89. The molecule has 0 radical (unpaired) electrons. The van der Waals surface area contributed by atoms with Crippen LogP contribution in [-0.4, -0.2) is 30.4 Å². The van der Waals surface area contributed by atoms with Gasteiger partial charge in [0.2, 0.25) is 0 Å². The van der Waals surface area contributed by atoms with Gasteiger partial charge in [-0.2, -0.15) is 0 Å². The lowest BCUT2D eigenvalue weighted by Gasteiger charge is -2.40. The van der Waals surface area contributed by atoms with E-state index in [0.29, 0.717) is 0 Å². The van der Waals surface area contributed by atoms with Crippen molar-refractivity contribution in [1.82, 2.24) is 0 Å². The van der Waals surface area contributed by atoms with E-state index in [-0.39, 0.29) is 0 Å². The van der Waals surface area contributed by atoms with Gasteiger partial charge in [-0.25, -0.2) is 0 Å². The third kappa shape index (κ3) is 1.51. The van der Waals surface area contributed by atoms with Crippen LogP contribution in [0.3, 0.4) is 0 Å². The summed E-state index contributed by atoms with van der Waals surface area (Å²) in [5, 5.41) is 20.2. The highest BCUT2D eigenvalue weighted by Crippen LogP contribution is 2.46. The van der Waals surface area contributed by atoms with Gasteiger partial charge in [0.1, 0.15) is 5.75 Å². The van der Waals surface area contributed by atoms with Crippen molar-refractivity contribution in [1.29, 1.82) is 0 Å². The molecule has 0 spiro atoms. The van der Waals surface area contributed by atoms with Gasteiger partial charge in [-0.1, -0.05) is 6.07 Å². The highest BCUT2D eigenvalue weighted by Gasteiger charge is 2.34. The highest BCUT2D eigenvalue weighted by atomic mass is 16.5. The number of aliphatic hydroxyl groups excluding tert-OH is 2. The minimum Gasteiger partial charge on any atom is -0.496 e. The van der Waals surface area contributed by atoms with Crippen LogP contribution in [-0.2, 0) is 0 Å². The van der Waals surface area contributed by atoms with Crippen molar-refractivity contribution in [3.8, 4) is 5.75 Å². The number of benzene rings is 1. The van der Waals surface area contributed by atoms with Gasteiger partial charge in [0, 0.05) is 24.2 Å². The van der Waals surface area contributed by atoms with Crippen molar-refractivity contribution < 1.29 is 14.9 Å². The summed E-state index contributed by atoms with van der Waals surface area (Å²) in [7, 11) is 1.61. The van der Waals surface area contributed by atoms with E-state index in [9.17, 15) is 10.2 Å². The van der Waals surface area contributed by atoms with Gasteiger partial charge in [-0.05, 0) is 18.9 Å². The molecule has 1 aromatic rings. The molecule has 2 aliphatic rings. The maximum absolute atomic E-state index is 10.1. The number of rotatable bonds is 1. The predicted octanol–water partition coefficient (Wildman–Crippen LogP) is 1.38. The number of hydrogen-bond acceptors (Lipinski definition) is 4. The van der Waals surface area contributed by atoms with Gasteiger partial charge in [-0.15, -0.1) is 0 Å². The average molecular weight is 235 g/mol. The summed E-state index contributed by atoms with van der Waals surface area (Å²) in [5.41, 5.74) is 2.75. The Morgan fingerprint density at radius 3 is 2.59 bits per heavy atom. The van der Waals surface area contributed by atoms with Crippen LogP contribution in [0.4, 0.5) is 5.69 Å². The van der Waals surface area contributed by atoms with Crippen LogP contribution in [0.1, 0.15) is 36.2 Å². The number of ether oxygens (including phenoxy) is 1. The molecule has 0 saturated heterocycles. The highest BCUT2D eigenvalue weighted by molar-refractivity contribution is 5.68. The SMILES string of the molecule is COc1ccc2c3c1C(O)CCN3CCC2O. The summed E-state index contributed by atoms with van der Waals surface area (Å²) in [4.78, 5) is 2.24. The maximum Gasteiger partial charge on any atom is 0.126 e. The number of hydrogen-bond donors (Lipinski definition) is 2. The van der Waals surface area contributed by atoms with Crippen LogP contribution in [0, 0.1) is 0 Å². The van der Waals surface area contributed by atoms with E-state index in [0.717, 1.165) is 48.5 Å². The standard InChI is InChI=1S/C13H17NO3/c1-17-11-3-2-8-9(15)4-6-14-7-5-10(16)12(11)13(8)14/h2-3,9-10,15-16H,4-7H2,1H3. The van der Waals surface area contributed by atoms with E-state index in [1.54, 1.807) is 7.11 Å². The Kier molecular flexibility index (Phi) is 2.49. The zero-order valence-corrected chi connectivity index (χ0v) is 9.89. The smallest absolute Gasteiger partial charge is 0.126 e. The minimum absolute atomic E-state index is 0.420.